The van der Waals surface area contributed by atoms with E-state index in [1.807, 2.05) is 19.1 Å². The maximum Gasteiger partial charge on any atom is 2.00 e. The van der Waals surface area contributed by atoms with Crippen LogP contribution in [0.2, 0.25) is 0 Å². The van der Waals surface area contributed by atoms with Crippen LogP contribution in [0.25, 0.3) is 0 Å². The van der Waals surface area contributed by atoms with E-state index in [1.165, 1.54) is 25.7 Å². The molecule has 176 valence electrons. The molecule has 0 amide bonds. The van der Waals surface area contributed by atoms with Crippen molar-refractivity contribution in [2.45, 2.75) is 105 Å². The Morgan fingerprint density at radius 1 is 0.774 bits per heavy atom. The summed E-state index contributed by atoms with van der Waals surface area (Å²) in [5.74, 6) is -2.00. The van der Waals surface area contributed by atoms with Crippen LogP contribution < -0.4 is 10.2 Å². The normalized spacial score (nSPS) is 8.84. The third-order valence-electron chi connectivity index (χ3n) is 3.95. The molecule has 4 radical (unpaired) electrons. The Balaban J connectivity index is -0.000000173. The van der Waals surface area contributed by atoms with Gasteiger partial charge in [-0.3, -0.25) is 0 Å². The van der Waals surface area contributed by atoms with Crippen LogP contribution in [0.15, 0.2) is 24.3 Å². The van der Waals surface area contributed by atoms with Gasteiger partial charge >= 0.3 is 23.9 Å². The number of hydrogen-bond acceptors (Lipinski definition) is 4. The largest absolute Gasteiger partial charge is 2.00 e. The van der Waals surface area contributed by atoms with Gasteiger partial charge in [0.1, 0.15) is 0 Å². The summed E-state index contributed by atoms with van der Waals surface area (Å²) < 4.78 is 0. The van der Waals surface area contributed by atoms with Gasteiger partial charge in [-0.05, 0) is 24.8 Å². The molecular formula is C26H44O4Sn. The molecule has 0 fully saturated rings. The second-order valence-electron chi connectivity index (χ2n) is 6.94. The predicted molar refractivity (Wildman–Crippen MR) is 129 cm³/mol. The molecule has 1 rings (SSSR count). The van der Waals surface area contributed by atoms with Gasteiger partial charge in [0.15, 0.2) is 0 Å². The summed E-state index contributed by atoms with van der Waals surface area (Å²) in [7, 11) is 0. The summed E-state index contributed by atoms with van der Waals surface area (Å²) >= 11 is 0. The molecule has 0 aliphatic rings. The van der Waals surface area contributed by atoms with Crippen LogP contribution in [0.3, 0.4) is 0 Å². The fraction of sp³-hybridized carbons (Fsp3) is 0.615. The smallest absolute Gasteiger partial charge is 0.550 e. The minimum absolute atomic E-state index is 0. The van der Waals surface area contributed by atoms with Crippen LogP contribution in [-0.2, 0) is 11.2 Å². The van der Waals surface area contributed by atoms with E-state index in [9.17, 15) is 19.8 Å². The molecular weight excluding hydrogens is 495 g/mol. The first kappa shape index (κ1) is 37.3. The maximum atomic E-state index is 10.6. The van der Waals surface area contributed by atoms with Gasteiger partial charge in [0.2, 0.25) is 0 Å². The van der Waals surface area contributed by atoms with Crippen LogP contribution in [0.4, 0.5) is 0 Å². The van der Waals surface area contributed by atoms with Crippen molar-refractivity contribution >= 4 is 35.8 Å². The van der Waals surface area contributed by atoms with Gasteiger partial charge in [-0.2, -0.15) is 0 Å². The summed E-state index contributed by atoms with van der Waals surface area (Å²) in [4.78, 5) is 20.5. The number of carboxylic acid groups (broad SMARTS) is 2. The van der Waals surface area contributed by atoms with Crippen LogP contribution in [0.5, 0.6) is 0 Å². The standard InChI is InChI=1S/C10H12O2.C8H16O2.2C4H9.Sn/c1-2-5-8-6-3-4-7-9(8)10(11)12;1-2-3-4-5-6-7-8(9)10;2*1-3-4-2;/h3-4,6-7H,2,5H2,1H3,(H,11,12);2-7H2,1H3,(H,9,10);2*1,3-4H2,2H3;/q;;;;+2/p-2. The molecule has 0 N–H and O–H groups in total. The van der Waals surface area contributed by atoms with Gasteiger partial charge in [0.05, 0.1) is 5.97 Å². The number of benzene rings is 1. The molecule has 0 aliphatic carbocycles. The zero-order valence-corrected chi connectivity index (χ0v) is 23.2. The molecule has 1 aromatic rings. The number of rotatable bonds is 11. The molecule has 0 atom stereocenters. The minimum Gasteiger partial charge on any atom is -0.550 e. The summed E-state index contributed by atoms with van der Waals surface area (Å²) in [6.07, 6.45) is 11.9. The number of carboxylic acids is 2. The van der Waals surface area contributed by atoms with Crippen LogP contribution >= 0.6 is 0 Å². The Kier molecular flexibility index (Phi) is 37.5. The van der Waals surface area contributed by atoms with Gasteiger partial charge in [0.25, 0.3) is 0 Å². The molecule has 31 heavy (non-hydrogen) atoms. The van der Waals surface area contributed by atoms with E-state index in [4.69, 9.17) is 0 Å². The molecule has 0 unspecified atom stereocenters. The van der Waals surface area contributed by atoms with Crippen molar-refractivity contribution in [3.05, 3.63) is 49.2 Å². The van der Waals surface area contributed by atoms with Crippen molar-refractivity contribution in [1.82, 2.24) is 0 Å². The van der Waals surface area contributed by atoms with Crippen molar-refractivity contribution in [3.8, 4) is 0 Å². The van der Waals surface area contributed by atoms with E-state index >= 15 is 0 Å². The number of unbranched alkanes of at least 4 members (excludes halogenated alkanes) is 6. The van der Waals surface area contributed by atoms with Gasteiger partial charge < -0.3 is 19.8 Å². The zero-order valence-electron chi connectivity index (χ0n) is 20.3. The quantitative estimate of drug-likeness (QED) is 0.294. The SMILES string of the molecule is CCCCCCCC(=O)[O-].CCCc1ccccc1C(=O)[O-].[CH2]CCC.[CH2]CCC.[Sn+2]. The molecule has 0 saturated carbocycles. The van der Waals surface area contributed by atoms with Crippen molar-refractivity contribution in [3.63, 3.8) is 0 Å². The third kappa shape index (κ3) is 31.2. The molecule has 1 aromatic carbocycles. The molecule has 0 heterocycles. The Morgan fingerprint density at radius 2 is 1.26 bits per heavy atom. The monoisotopic (exact) mass is 540 g/mol. The first-order chi connectivity index (χ1) is 14.4. The Morgan fingerprint density at radius 3 is 1.65 bits per heavy atom. The van der Waals surface area contributed by atoms with Crippen molar-refractivity contribution in [1.29, 1.82) is 0 Å². The van der Waals surface area contributed by atoms with Crippen LogP contribution in [0, 0.1) is 13.8 Å². The van der Waals surface area contributed by atoms with Crippen molar-refractivity contribution in [2.24, 2.45) is 0 Å². The molecule has 0 aliphatic heterocycles. The van der Waals surface area contributed by atoms with E-state index in [1.54, 1.807) is 12.1 Å². The van der Waals surface area contributed by atoms with Gasteiger partial charge in [-0.25, -0.2) is 0 Å². The Labute approximate surface area is 209 Å². The summed E-state index contributed by atoms with van der Waals surface area (Å²) in [6, 6.07) is 6.97. The Bertz CT molecular complexity index is 496. The second kappa shape index (κ2) is 31.1. The van der Waals surface area contributed by atoms with E-state index < -0.39 is 11.9 Å². The summed E-state index contributed by atoms with van der Waals surface area (Å²) in [5, 5.41) is 20.5. The second-order valence-corrected chi connectivity index (χ2v) is 6.94. The van der Waals surface area contributed by atoms with Crippen molar-refractivity contribution < 1.29 is 19.8 Å². The van der Waals surface area contributed by atoms with Gasteiger partial charge in [0, 0.05) is 11.5 Å². The first-order valence-corrected chi connectivity index (χ1v) is 11.4. The zero-order chi connectivity index (χ0) is 23.6. The van der Waals surface area contributed by atoms with Gasteiger partial charge in [-0.1, -0.05) is 124 Å². The topological polar surface area (TPSA) is 80.3 Å². The molecule has 0 saturated heterocycles. The van der Waals surface area contributed by atoms with Crippen LogP contribution in [-0.4, -0.2) is 35.8 Å². The average molecular weight is 539 g/mol. The number of hydrogen-bond donors (Lipinski definition) is 0. The van der Waals surface area contributed by atoms with E-state index in [2.05, 4.69) is 34.6 Å². The average Bonchev–Trinajstić information content (AvgIpc) is 2.74. The molecule has 4 nitrogen and oxygen atoms in total. The molecule has 5 heteroatoms. The number of aryl methyl sites for hydroxylation is 1. The predicted octanol–water partition coefficient (Wildman–Crippen LogP) is 4.96. The van der Waals surface area contributed by atoms with E-state index in [0.717, 1.165) is 50.5 Å². The summed E-state index contributed by atoms with van der Waals surface area (Å²) in [6.45, 7) is 15.6. The Hall–Kier alpha value is -1.04. The number of carbonyl (C=O) groups excluding carboxylic acids is 2. The third-order valence-corrected chi connectivity index (χ3v) is 3.95. The van der Waals surface area contributed by atoms with Crippen LogP contribution in [0.1, 0.15) is 114 Å². The molecule has 0 bridgehead atoms. The molecule has 0 aromatic heterocycles. The summed E-state index contributed by atoms with van der Waals surface area (Å²) in [5.41, 5.74) is 1.18. The van der Waals surface area contributed by atoms with Crippen molar-refractivity contribution in [2.75, 3.05) is 0 Å². The number of aliphatic carboxylic acids is 1. The fourth-order valence-corrected chi connectivity index (χ4v) is 2.08. The first-order valence-electron chi connectivity index (χ1n) is 11.4. The van der Waals surface area contributed by atoms with Gasteiger partial charge in [-0.15, -0.1) is 0 Å². The minimum atomic E-state index is -1.08. The number of carbonyl (C=O) groups is 2. The maximum absolute atomic E-state index is 10.6. The molecule has 0 spiro atoms. The van der Waals surface area contributed by atoms with E-state index in [0.29, 0.717) is 5.56 Å². The van der Waals surface area contributed by atoms with E-state index in [-0.39, 0.29) is 30.3 Å². The fourth-order valence-electron chi connectivity index (χ4n) is 2.08. The number of aromatic carboxylic acids is 1.